The Bertz CT molecular complexity index is 732. The van der Waals surface area contributed by atoms with Crippen molar-refractivity contribution in [3.05, 3.63) is 40.2 Å². The first-order chi connectivity index (χ1) is 9.82. The number of H-pyrrole nitrogens is 1. The van der Waals surface area contributed by atoms with E-state index in [1.807, 2.05) is 19.9 Å². The fourth-order valence-corrected chi connectivity index (χ4v) is 2.50. The Morgan fingerprint density at radius 1 is 1.38 bits per heavy atom. The number of aromatic nitrogens is 1. The number of hydrogen-bond donors (Lipinski definition) is 2. The molecule has 0 radical (unpaired) electrons. The smallest absolute Gasteiger partial charge is 0.217 e. The van der Waals surface area contributed by atoms with Gasteiger partial charge in [-0.3, -0.25) is 9.59 Å². The van der Waals surface area contributed by atoms with Crippen molar-refractivity contribution in [3.8, 4) is 5.75 Å². The summed E-state index contributed by atoms with van der Waals surface area (Å²) in [7, 11) is 1.57. The van der Waals surface area contributed by atoms with Gasteiger partial charge in [0.25, 0.3) is 0 Å². The van der Waals surface area contributed by atoms with Crippen LogP contribution < -0.4 is 15.5 Å². The highest BCUT2D eigenvalue weighted by molar-refractivity contribution is 5.80. The van der Waals surface area contributed by atoms with Gasteiger partial charge in [-0.05, 0) is 32.0 Å². The maximum Gasteiger partial charge on any atom is 0.217 e. The van der Waals surface area contributed by atoms with Crippen molar-refractivity contribution in [1.82, 2.24) is 10.3 Å². The molecule has 5 heteroatoms. The molecule has 0 aliphatic rings. The lowest BCUT2D eigenvalue weighted by Crippen LogP contribution is -2.44. The standard InChI is InChI=1S/C16H20N2O3/c1-10(19)18-16(2,3)8-11-9-17-14-6-5-12(21-4)7-13(14)15(11)20/h5-7,9H,8H2,1-4H3,(H,17,20)(H,18,19). The number of aromatic amines is 1. The minimum atomic E-state index is -0.481. The first-order valence-corrected chi connectivity index (χ1v) is 6.79. The van der Waals surface area contributed by atoms with Gasteiger partial charge in [0.15, 0.2) is 5.43 Å². The van der Waals surface area contributed by atoms with Gasteiger partial charge in [-0.1, -0.05) is 0 Å². The van der Waals surface area contributed by atoms with Crippen LogP contribution in [0.1, 0.15) is 26.3 Å². The normalized spacial score (nSPS) is 11.4. The van der Waals surface area contributed by atoms with E-state index in [9.17, 15) is 9.59 Å². The third-order valence-corrected chi connectivity index (χ3v) is 3.31. The van der Waals surface area contributed by atoms with Crippen LogP contribution in [0.25, 0.3) is 10.9 Å². The highest BCUT2D eigenvalue weighted by Crippen LogP contribution is 2.18. The highest BCUT2D eigenvalue weighted by Gasteiger charge is 2.21. The van der Waals surface area contributed by atoms with Gasteiger partial charge in [0, 0.05) is 41.5 Å². The fourth-order valence-electron chi connectivity index (χ4n) is 2.50. The Morgan fingerprint density at radius 2 is 2.10 bits per heavy atom. The molecule has 0 unspecified atom stereocenters. The maximum absolute atomic E-state index is 12.6. The molecule has 2 N–H and O–H groups in total. The zero-order chi connectivity index (χ0) is 15.6. The third kappa shape index (κ3) is 3.42. The van der Waals surface area contributed by atoms with Gasteiger partial charge in [-0.15, -0.1) is 0 Å². The lowest BCUT2D eigenvalue weighted by atomic mass is 9.94. The monoisotopic (exact) mass is 288 g/mol. The van der Waals surface area contributed by atoms with Crippen LogP contribution in [0.4, 0.5) is 0 Å². The molecule has 5 nitrogen and oxygen atoms in total. The maximum atomic E-state index is 12.6. The topological polar surface area (TPSA) is 71.2 Å². The summed E-state index contributed by atoms with van der Waals surface area (Å²) in [5.41, 5.74) is 0.878. The van der Waals surface area contributed by atoms with E-state index in [1.165, 1.54) is 6.92 Å². The Hall–Kier alpha value is -2.30. The second-order valence-corrected chi connectivity index (χ2v) is 5.80. The van der Waals surface area contributed by atoms with E-state index < -0.39 is 5.54 Å². The van der Waals surface area contributed by atoms with E-state index in [4.69, 9.17) is 4.74 Å². The molecule has 0 bridgehead atoms. The van der Waals surface area contributed by atoms with Gasteiger partial charge in [0.05, 0.1) is 7.11 Å². The molecule has 0 saturated heterocycles. The molecule has 0 aliphatic carbocycles. The van der Waals surface area contributed by atoms with E-state index in [0.717, 1.165) is 5.52 Å². The lowest BCUT2D eigenvalue weighted by Gasteiger charge is -2.25. The summed E-state index contributed by atoms with van der Waals surface area (Å²) in [6.07, 6.45) is 2.16. The number of carbonyl (C=O) groups is 1. The molecular weight excluding hydrogens is 268 g/mol. The minimum absolute atomic E-state index is 0.0407. The number of rotatable bonds is 4. The number of pyridine rings is 1. The van der Waals surface area contributed by atoms with Crippen LogP contribution in [0.3, 0.4) is 0 Å². The van der Waals surface area contributed by atoms with Crippen molar-refractivity contribution < 1.29 is 9.53 Å². The van der Waals surface area contributed by atoms with Crippen LogP contribution in [0.15, 0.2) is 29.2 Å². The van der Waals surface area contributed by atoms with Gasteiger partial charge < -0.3 is 15.0 Å². The molecule has 112 valence electrons. The van der Waals surface area contributed by atoms with Crippen molar-refractivity contribution in [2.24, 2.45) is 0 Å². The van der Waals surface area contributed by atoms with Crippen LogP contribution in [0.5, 0.6) is 5.75 Å². The molecule has 1 heterocycles. The predicted octanol–water partition coefficient (Wildman–Crippen LogP) is 1.99. The fraction of sp³-hybridized carbons (Fsp3) is 0.375. The summed E-state index contributed by atoms with van der Waals surface area (Å²) < 4.78 is 5.16. The second kappa shape index (κ2) is 5.60. The van der Waals surface area contributed by atoms with Crippen LogP contribution >= 0.6 is 0 Å². The Labute approximate surface area is 123 Å². The summed E-state index contributed by atoms with van der Waals surface area (Å²) >= 11 is 0. The number of nitrogens with one attached hydrogen (secondary N) is 2. The van der Waals surface area contributed by atoms with E-state index in [2.05, 4.69) is 10.3 Å². The van der Waals surface area contributed by atoms with Crippen molar-refractivity contribution in [1.29, 1.82) is 0 Å². The summed E-state index contributed by atoms with van der Waals surface area (Å²) in [6.45, 7) is 5.25. The molecule has 2 rings (SSSR count). The van der Waals surface area contributed by atoms with Crippen molar-refractivity contribution in [3.63, 3.8) is 0 Å². The van der Waals surface area contributed by atoms with Gasteiger partial charge in [0.2, 0.25) is 5.91 Å². The average molecular weight is 288 g/mol. The average Bonchev–Trinajstić information content (AvgIpc) is 2.40. The minimum Gasteiger partial charge on any atom is -0.497 e. The first kappa shape index (κ1) is 15.1. The Kier molecular flexibility index (Phi) is 4.02. The predicted molar refractivity (Wildman–Crippen MR) is 82.7 cm³/mol. The lowest BCUT2D eigenvalue weighted by molar-refractivity contribution is -0.120. The molecular formula is C16H20N2O3. The largest absolute Gasteiger partial charge is 0.497 e. The van der Waals surface area contributed by atoms with E-state index in [1.54, 1.807) is 25.4 Å². The Morgan fingerprint density at radius 3 is 2.71 bits per heavy atom. The molecule has 0 fully saturated rings. The number of fused-ring (bicyclic) bond motifs is 1. The van der Waals surface area contributed by atoms with E-state index in [-0.39, 0.29) is 11.3 Å². The van der Waals surface area contributed by atoms with Gasteiger partial charge >= 0.3 is 0 Å². The SMILES string of the molecule is COc1ccc2[nH]cc(CC(C)(C)NC(C)=O)c(=O)c2c1. The van der Waals surface area contributed by atoms with Crippen LogP contribution in [0.2, 0.25) is 0 Å². The number of methoxy groups -OCH3 is 1. The van der Waals surface area contributed by atoms with Gasteiger partial charge in [-0.25, -0.2) is 0 Å². The summed E-state index contributed by atoms with van der Waals surface area (Å²) in [5.74, 6) is 0.533. The number of benzene rings is 1. The molecule has 1 aromatic heterocycles. The molecule has 0 saturated carbocycles. The van der Waals surface area contributed by atoms with Crippen molar-refractivity contribution in [2.45, 2.75) is 32.7 Å². The second-order valence-electron chi connectivity index (χ2n) is 5.80. The summed E-state index contributed by atoms with van der Waals surface area (Å²) in [4.78, 5) is 26.9. The molecule has 0 aliphatic heterocycles. The summed E-state index contributed by atoms with van der Waals surface area (Å²) in [6, 6.07) is 5.35. The summed E-state index contributed by atoms with van der Waals surface area (Å²) in [5, 5.41) is 3.44. The third-order valence-electron chi connectivity index (χ3n) is 3.31. The quantitative estimate of drug-likeness (QED) is 0.904. The van der Waals surface area contributed by atoms with Gasteiger partial charge in [-0.2, -0.15) is 0 Å². The molecule has 0 spiro atoms. The van der Waals surface area contributed by atoms with Crippen molar-refractivity contribution in [2.75, 3.05) is 7.11 Å². The number of ether oxygens (including phenoxy) is 1. The van der Waals surface area contributed by atoms with Crippen LogP contribution in [-0.4, -0.2) is 23.5 Å². The van der Waals surface area contributed by atoms with E-state index >= 15 is 0 Å². The zero-order valence-corrected chi connectivity index (χ0v) is 12.7. The molecule has 2 aromatic rings. The highest BCUT2D eigenvalue weighted by atomic mass is 16.5. The first-order valence-electron chi connectivity index (χ1n) is 6.79. The number of hydrogen-bond acceptors (Lipinski definition) is 3. The number of amides is 1. The van der Waals surface area contributed by atoms with Gasteiger partial charge in [0.1, 0.15) is 5.75 Å². The van der Waals surface area contributed by atoms with Crippen LogP contribution in [-0.2, 0) is 11.2 Å². The molecule has 1 amide bonds. The van der Waals surface area contributed by atoms with Crippen molar-refractivity contribution >= 4 is 16.8 Å². The molecule has 21 heavy (non-hydrogen) atoms. The van der Waals surface area contributed by atoms with E-state index in [0.29, 0.717) is 23.1 Å². The Balaban J connectivity index is 2.44. The molecule has 1 aromatic carbocycles. The number of carbonyl (C=O) groups excluding carboxylic acids is 1. The van der Waals surface area contributed by atoms with Crippen LogP contribution in [0, 0.1) is 0 Å². The molecule has 0 atom stereocenters. The zero-order valence-electron chi connectivity index (χ0n) is 12.7.